The van der Waals surface area contributed by atoms with E-state index in [1.54, 1.807) is 6.92 Å². The van der Waals surface area contributed by atoms with Crippen LogP contribution in [-0.2, 0) is 90.4 Å². The van der Waals surface area contributed by atoms with Crippen LogP contribution in [0.25, 0.3) is 69.0 Å². The van der Waals surface area contributed by atoms with Gasteiger partial charge in [0.1, 0.15) is 122 Å². The Morgan fingerprint density at radius 2 is 0.613 bits per heavy atom. The van der Waals surface area contributed by atoms with Gasteiger partial charge in [0.05, 0.1) is 113 Å². The van der Waals surface area contributed by atoms with Crippen LogP contribution in [0.3, 0.4) is 0 Å². The standard InChI is InChI=1S/C12H16N4O7.C11H17N4O6.C11H17N3O6.C10H16N4O6.C10H15N4O6.C10H16NO7.19Ac.ClH/c1-22-12(21)8-4-6(15-16-13)9(14-2-3-17)11(23-8)10(20)7(19)5-18;1-13-8-5(14-15-12)3-7(11(19)20-2)21-10(8)9(18)6(17)4-16;1-5-6(13-14-12)3-8(11(18)19-2)20-10(5)9(17)7(16)4-15;2*1-19-10(18)6-2-4(13-14-12)7(11)9(20-6)8(17)5(16)3-15;1-17-10(16)6-2-4(13)7(11)9(18-6)8(15)5(14)3-12;;;;;;;;;;;;;;;;;;;;/h2,4,6-7,9-11,14,18-20H,5H2,1H3;3,5-6,8-10,16-18H,4H2,1-2H3;3,5-7,9-10,15-17H,4H2,1-2H3;2,4-5,7-9,15-17H,3,11H2,1H3;2,4-5,7-9,11,15-17H,3H2,1H3;2,4-5,7-9,11-15H,3H2,1H3;;;;;;;;;;;;;;;;;;;;1H/q;-1;;;2*-1;;;;;;;;;;;;;;;;;;;;/t6?,7?,9?,10?,11-;5?,6?,8?,9?,10-;5-,6?,7?,9?,10-;3*4?,5?,7?,8?,9-;;;;;;;;;;;;;;;;;;;;/m111111..................../s1. The summed E-state index contributed by atoms with van der Waals surface area (Å²) in [6.07, 6.45) is -19.3. The summed E-state index contributed by atoms with van der Waals surface area (Å²) in [5, 5.41) is 202. The minimum absolute atomic E-state index is 0. The molecule has 6 rings (SSSR count). The van der Waals surface area contributed by atoms with E-state index in [9.17, 15) is 99.9 Å². The third-order valence-electron chi connectivity index (χ3n) is 17.7. The van der Waals surface area contributed by atoms with Crippen LogP contribution < -0.4 is 23.5 Å². The van der Waals surface area contributed by atoms with Gasteiger partial charge in [0.2, 0.25) is 34.6 Å². The number of azide groups is 5. The number of ether oxygens (including phenoxy) is 12. The number of aliphatic hydroxyl groups is 19. The Morgan fingerprint density at radius 1 is 0.387 bits per heavy atom. The Bertz CT molecular complexity index is 3790. The molecule has 78 heteroatoms. The Hall–Kier alpha value is 16.6. The van der Waals surface area contributed by atoms with Crippen molar-refractivity contribution < 1.29 is 1040 Å². The number of methoxy groups -OCH3 is 6. The van der Waals surface area contributed by atoms with E-state index in [4.69, 9.17) is 98.2 Å². The molecule has 6 heterocycles. The van der Waals surface area contributed by atoms with Gasteiger partial charge >= 0.3 is 35.8 Å². The van der Waals surface area contributed by atoms with Crippen molar-refractivity contribution in [1.82, 2.24) is 5.32 Å². The Balaban J connectivity index is -0.0000000680. The zero-order valence-corrected chi connectivity index (χ0v) is 168. The van der Waals surface area contributed by atoms with E-state index in [2.05, 4.69) is 94.9 Å². The maximum Gasteiger partial charge on any atom is 0.373 e. The summed E-state index contributed by atoms with van der Waals surface area (Å²) in [7, 11) is 8.16. The van der Waals surface area contributed by atoms with Gasteiger partial charge in [0, 0.05) is 880 Å². The number of hydrogen-bond donors (Lipinski definition) is 21. The molecule has 58 nitrogen and oxygen atoms in total. The number of esters is 6. The van der Waals surface area contributed by atoms with Crippen molar-refractivity contribution in [3.05, 3.63) is 146 Å². The quantitative estimate of drug-likeness (QED) is 0.00743. The predicted octanol–water partition coefficient (Wildman–Crippen LogP) is -11.5. The molecule has 6 aliphatic rings. The van der Waals surface area contributed by atoms with E-state index >= 15 is 0 Å². The fourth-order valence-electron chi connectivity index (χ4n) is 11.0. The summed E-state index contributed by atoms with van der Waals surface area (Å²) in [4.78, 5) is 92.3. The van der Waals surface area contributed by atoms with Gasteiger partial charge in [-0.25, -0.2) is 33.6 Å². The number of nitrogens with zero attached hydrogens (tertiary/aromatic N) is 16. The number of hydrogen-bond acceptors (Lipinski definition) is 44. The van der Waals surface area contributed by atoms with Crippen LogP contribution in [0.2, 0.25) is 0 Å². The van der Waals surface area contributed by atoms with Crippen LogP contribution in [0.15, 0.2) is 103 Å². The third-order valence-corrected chi connectivity index (χ3v) is 17.7. The van der Waals surface area contributed by atoms with Crippen molar-refractivity contribution >= 4 is 41.8 Å². The normalized spacial score (nSPS) is 24.2. The molecular formula is C64H98Ac19ClN20O38-3. The third kappa shape index (κ3) is 71.9. The predicted molar refractivity (Wildman–Crippen MR) is 397 cm³/mol. The zero-order chi connectivity index (χ0) is 93.1. The van der Waals surface area contributed by atoms with Crippen LogP contribution in [0.1, 0.15) is 6.92 Å². The fraction of sp³-hybridized carbons (Fsp3) is 0.688. The Kier molecular flexibility index (Phi) is 171. The first-order chi connectivity index (χ1) is 57.8. The molecule has 30 atom stereocenters. The molecule has 23 unspecified atom stereocenters. The molecule has 0 amide bonds. The number of aliphatic hydroxyl groups excluding tert-OH is 19. The summed E-state index contributed by atoms with van der Waals surface area (Å²) >= 11 is 0. The van der Waals surface area contributed by atoms with Crippen LogP contribution in [-0.4, -0.2) is 405 Å². The molecule has 0 aromatic heterocycles. The van der Waals surface area contributed by atoms with E-state index in [0.717, 1.165) is 67.1 Å². The van der Waals surface area contributed by atoms with Gasteiger partial charge in [0.15, 0.2) is 6.10 Å². The second kappa shape index (κ2) is 119. The summed E-state index contributed by atoms with van der Waals surface area (Å²) < 4.78 is 58.1. The van der Waals surface area contributed by atoms with Gasteiger partial charge in [-0.05, 0) is 64.1 Å². The first-order valence-corrected chi connectivity index (χ1v) is 35.1. The molecular weight excluding hydrogens is 6010 g/mol. The topological polar surface area (TPSA) is 960 Å². The second-order valence-electron chi connectivity index (χ2n) is 25.3. The summed E-state index contributed by atoms with van der Waals surface area (Å²) in [5.41, 5.74) is 61.8. The zero-order valence-electron chi connectivity index (χ0n) is 77.1. The van der Waals surface area contributed by atoms with Gasteiger partial charge in [-0.2, -0.15) is 7.05 Å². The fourth-order valence-corrected chi connectivity index (χ4v) is 11.0. The molecule has 0 bridgehead atoms. The average molecular weight is 6100 g/mol. The molecule has 0 fully saturated rings. The van der Waals surface area contributed by atoms with Gasteiger partial charge in [-0.3, -0.25) is 0 Å². The van der Waals surface area contributed by atoms with Crippen molar-refractivity contribution in [2.24, 2.45) is 31.5 Å². The molecule has 25 N–H and O–H groups in total. The molecule has 0 saturated heterocycles. The van der Waals surface area contributed by atoms with Crippen LogP contribution in [0.5, 0.6) is 0 Å². The molecule has 6 aliphatic heterocycles. The number of quaternary nitrogens is 1. The molecule has 142 heavy (non-hydrogen) atoms. The molecule has 0 aromatic carbocycles. The van der Waals surface area contributed by atoms with Crippen molar-refractivity contribution in [2.75, 3.05) is 89.3 Å². The second-order valence-corrected chi connectivity index (χ2v) is 25.3. The monoisotopic (exact) mass is 6100 g/mol. The smallest absolute Gasteiger partial charge is 0.373 e. The first-order valence-electron chi connectivity index (χ1n) is 35.1. The molecule has 0 saturated carbocycles. The van der Waals surface area contributed by atoms with E-state index in [-0.39, 0.29) is 884 Å². The number of halogens is 1. The molecule has 0 aliphatic carbocycles. The van der Waals surface area contributed by atoms with Gasteiger partial charge in [-0.1, -0.05) is 50.6 Å². The number of carbonyl (C=O) groups excluding carboxylic acids is 7. The van der Waals surface area contributed by atoms with Crippen molar-refractivity contribution in [2.45, 2.75) is 183 Å². The van der Waals surface area contributed by atoms with Crippen LogP contribution in [0, 0.1) is 843 Å². The van der Waals surface area contributed by atoms with Crippen molar-refractivity contribution in [1.29, 1.82) is 0 Å². The number of likely N-dealkylation sites (N-methyl/N-ethyl adjacent to an activating group) is 1. The van der Waals surface area contributed by atoms with Gasteiger partial charge < -0.3 is 194 Å². The maximum atomic E-state index is 11.6. The largest absolute Gasteiger partial charge is 1.00 e. The average Bonchev–Trinajstić information content (AvgIpc) is 0.789. The molecule has 0 aromatic rings. The van der Waals surface area contributed by atoms with E-state index in [1.807, 2.05) is 0 Å². The molecule has 19 radical (unpaired) electrons. The van der Waals surface area contributed by atoms with Crippen LogP contribution in [0.4, 0.5) is 0 Å². The maximum absolute atomic E-state index is 11.6. The number of nitrogens with one attached hydrogen (secondary N) is 3. The summed E-state index contributed by atoms with van der Waals surface area (Å²) in [6, 6.07) is -9.75. The van der Waals surface area contributed by atoms with E-state index in [1.165, 1.54) is 31.2 Å². The molecule has 0 spiro atoms. The van der Waals surface area contributed by atoms with Gasteiger partial charge in [-0.15, -0.1) is 0 Å². The van der Waals surface area contributed by atoms with E-state index < -0.39 is 258 Å². The summed E-state index contributed by atoms with van der Waals surface area (Å²) in [6.45, 7) is -2.71. The number of rotatable bonds is 32. The summed E-state index contributed by atoms with van der Waals surface area (Å²) in [5.74, 6) is -5.84. The van der Waals surface area contributed by atoms with Gasteiger partial charge in [0.25, 0.3) is 0 Å². The van der Waals surface area contributed by atoms with Crippen LogP contribution >= 0.6 is 0 Å². The minimum atomic E-state index is -1.65. The van der Waals surface area contributed by atoms with Crippen molar-refractivity contribution in [3.8, 4) is 0 Å². The first kappa shape index (κ1) is 205. The SMILES string of the molecule is COC(=O)C1=CC(N=[N+]=[N-])C(NC=C=O)[C@H](C(O)C(O)CO)O1.COC(=O)C1=CC(N=[N+]=[N-])C([NH-])[C@H](C(O)C(O)CO)O1.COC(=O)C1=CC(N=[N+]=[N-])C([NH3+])[C@H](C(O)C(O)CO)O1.COC(=O)C1=CC(N=[N+]=[N-])[C@@H](C)[C@H](C(O)C(O)CO)O1.COC(=O)C1=CC(O)C([NH-])[C@H](C(O)C(O)CO)O1.C[N-]C1C(N=[N+]=[N-])C=C(C(=O)OC)O[C@H]1C(O)C(O)CO.[Ac].[Ac].[Ac].[Ac].[Ac].[Ac].[Ac].[Ac].[Ac].[Ac].[Ac].[Ac].[Ac].[Ac].[Ac].[Ac].[Ac].[Ac].[Ac].[Cl-]. The Morgan fingerprint density at radius 3 is 0.930 bits per heavy atom. The molecule has 749 valence electrons. The van der Waals surface area contributed by atoms with Crippen molar-refractivity contribution in [3.63, 3.8) is 0 Å². The van der Waals surface area contributed by atoms with E-state index in [0.29, 0.717) is 0 Å². The Labute approximate surface area is 1500 Å². The minimum Gasteiger partial charge on any atom is -1.00 e. The number of carbonyl (C=O) groups is 6.